The summed E-state index contributed by atoms with van der Waals surface area (Å²) in [4.78, 5) is 36.9. The number of fused-ring (bicyclic) bond motifs is 1. The second kappa shape index (κ2) is 11.0. The molecule has 0 aliphatic heterocycles. The van der Waals surface area contributed by atoms with Gasteiger partial charge in [-0.25, -0.2) is 24.8 Å². The zero-order valence-corrected chi connectivity index (χ0v) is 21.5. The Kier molecular flexibility index (Phi) is 8.47. The number of hydrogen-bond donors (Lipinski definition) is 2. The third-order valence-corrected chi connectivity index (χ3v) is 6.84. The first-order valence-corrected chi connectivity index (χ1v) is 13.2. The maximum absolute atomic E-state index is 13.7. The minimum absolute atomic E-state index is 0.265. The number of aromatic nitrogens is 4. The largest absolute Gasteiger partial charge is 0.462 e. The Hall–Kier alpha value is -2.60. The molecule has 3 N–H and O–H groups in total. The Morgan fingerprint density at radius 3 is 2.46 bits per heavy atom. The average Bonchev–Trinajstić information content (AvgIpc) is 3.43. The van der Waals surface area contributed by atoms with Crippen molar-refractivity contribution in [2.24, 2.45) is 0 Å². The predicted molar refractivity (Wildman–Crippen MR) is 126 cm³/mol. The first kappa shape index (κ1) is 27.0. The van der Waals surface area contributed by atoms with E-state index in [9.17, 15) is 14.2 Å². The molecule has 0 spiro atoms. The van der Waals surface area contributed by atoms with Crippen molar-refractivity contribution in [2.75, 3.05) is 18.7 Å². The summed E-state index contributed by atoms with van der Waals surface area (Å²) in [7, 11) is -3.82. The number of esters is 2. The number of nitrogens with one attached hydrogen (secondary N) is 1. The monoisotopic (exact) mass is 512 g/mol. The topological polar surface area (TPSA) is 170 Å². The van der Waals surface area contributed by atoms with Gasteiger partial charge < -0.3 is 29.0 Å². The summed E-state index contributed by atoms with van der Waals surface area (Å²) in [6.45, 7) is 8.39. The molecule has 0 bridgehead atoms. The molecule has 2 atom stereocenters. The molecule has 0 amide bonds. The van der Waals surface area contributed by atoms with Crippen LogP contribution in [-0.2, 0) is 39.4 Å². The van der Waals surface area contributed by atoms with E-state index in [-0.39, 0.29) is 24.4 Å². The Morgan fingerprint density at radius 1 is 1.14 bits per heavy atom. The predicted octanol–water partition coefficient (Wildman–Crippen LogP) is 2.01. The Labute approximate surface area is 203 Å². The highest BCUT2D eigenvalue weighted by Gasteiger charge is 2.55. The minimum atomic E-state index is -3.82. The van der Waals surface area contributed by atoms with Gasteiger partial charge in [0.2, 0.25) is 0 Å². The van der Waals surface area contributed by atoms with Gasteiger partial charge in [-0.1, -0.05) is 0 Å². The smallest absolute Gasteiger partial charge is 0.332 e. The maximum atomic E-state index is 13.7. The summed E-state index contributed by atoms with van der Waals surface area (Å²) in [5.41, 5.74) is 5.70. The molecule has 35 heavy (non-hydrogen) atoms. The van der Waals surface area contributed by atoms with Crippen molar-refractivity contribution in [3.8, 4) is 0 Å². The molecule has 1 saturated carbocycles. The van der Waals surface area contributed by atoms with Gasteiger partial charge in [-0.05, 0) is 47.5 Å². The molecule has 0 aromatic carbocycles. The molecule has 3 rings (SSSR count). The normalized spacial score (nSPS) is 17.3. The number of nitrogens with zero attached hydrogens (tertiary/aromatic N) is 4. The fourth-order valence-electron chi connectivity index (χ4n) is 3.28. The fourth-order valence-corrected chi connectivity index (χ4v) is 5.22. The lowest BCUT2D eigenvalue weighted by Crippen LogP contribution is -2.41. The van der Waals surface area contributed by atoms with Crippen molar-refractivity contribution in [1.82, 2.24) is 24.6 Å². The molecule has 1 aliphatic rings. The molecule has 2 aromatic heterocycles. The number of carbonyl (C=O) groups excluding carboxylic acids is 2. The molecule has 13 nitrogen and oxygen atoms in total. The fraction of sp³-hybridized carbons (Fsp3) is 0.667. The number of carbonyl (C=O) groups is 2. The van der Waals surface area contributed by atoms with E-state index in [0.717, 1.165) is 0 Å². The lowest BCUT2D eigenvalue weighted by Gasteiger charge is -2.26. The molecule has 0 saturated heterocycles. The van der Waals surface area contributed by atoms with E-state index in [0.29, 0.717) is 30.6 Å². The van der Waals surface area contributed by atoms with Crippen LogP contribution >= 0.6 is 7.52 Å². The van der Waals surface area contributed by atoms with Crippen molar-refractivity contribution in [3.05, 3.63) is 12.7 Å². The van der Waals surface area contributed by atoms with Crippen LogP contribution in [0, 0.1) is 0 Å². The first-order chi connectivity index (χ1) is 16.4. The van der Waals surface area contributed by atoms with E-state index in [4.69, 9.17) is 24.5 Å². The van der Waals surface area contributed by atoms with Gasteiger partial charge in [-0.2, -0.15) is 0 Å². The number of hydrogen-bond acceptors (Lipinski definition) is 11. The summed E-state index contributed by atoms with van der Waals surface area (Å²) >= 11 is 0. The number of anilines is 1. The molecule has 2 aromatic rings. The molecule has 1 fully saturated rings. The molecular weight excluding hydrogens is 479 g/mol. The second-order valence-corrected chi connectivity index (χ2v) is 11.2. The lowest BCUT2D eigenvalue weighted by molar-refractivity contribution is -0.150. The highest BCUT2D eigenvalue weighted by molar-refractivity contribution is 7.56. The van der Waals surface area contributed by atoms with Crippen molar-refractivity contribution in [2.45, 2.75) is 77.9 Å². The van der Waals surface area contributed by atoms with Gasteiger partial charge in [0.05, 0.1) is 31.2 Å². The molecule has 194 valence electrons. The van der Waals surface area contributed by atoms with Crippen LogP contribution < -0.4 is 10.8 Å². The third-order valence-electron chi connectivity index (χ3n) is 5.04. The quantitative estimate of drug-likeness (QED) is 0.296. The molecule has 2 unspecified atom stereocenters. The van der Waals surface area contributed by atoms with Crippen molar-refractivity contribution in [3.63, 3.8) is 0 Å². The zero-order valence-electron chi connectivity index (χ0n) is 20.6. The van der Waals surface area contributed by atoms with Gasteiger partial charge in [0.25, 0.3) is 7.52 Å². The second-order valence-electron chi connectivity index (χ2n) is 9.07. The van der Waals surface area contributed by atoms with Crippen LogP contribution in [0.3, 0.4) is 0 Å². The minimum Gasteiger partial charge on any atom is -0.462 e. The number of nitrogens with two attached hydrogens (primary N) is 1. The number of imidazole rings is 1. The van der Waals surface area contributed by atoms with E-state index in [1.165, 1.54) is 6.33 Å². The van der Waals surface area contributed by atoms with Crippen LogP contribution in [0.5, 0.6) is 0 Å². The van der Waals surface area contributed by atoms with Gasteiger partial charge in [0.1, 0.15) is 23.7 Å². The van der Waals surface area contributed by atoms with Crippen LogP contribution in [0.1, 0.15) is 47.5 Å². The van der Waals surface area contributed by atoms with Gasteiger partial charge in [0, 0.05) is 0 Å². The van der Waals surface area contributed by atoms with Gasteiger partial charge >= 0.3 is 11.9 Å². The number of rotatable bonds is 13. The molecular formula is C21H33N6O7P. The Bertz CT molecular complexity index is 1100. The molecule has 1 aliphatic carbocycles. The van der Waals surface area contributed by atoms with Crippen LogP contribution in [0.25, 0.3) is 11.2 Å². The summed E-state index contributed by atoms with van der Waals surface area (Å²) in [6, 6.07) is 0. The van der Waals surface area contributed by atoms with E-state index in [2.05, 4.69) is 20.0 Å². The average molecular weight is 513 g/mol. The number of nitrogen functional groups attached to an aromatic ring is 1. The maximum Gasteiger partial charge on any atom is 0.332 e. The zero-order chi connectivity index (χ0) is 25.8. The number of ether oxygens (including phenoxy) is 3. The van der Waals surface area contributed by atoms with Gasteiger partial charge in [0.15, 0.2) is 18.1 Å². The van der Waals surface area contributed by atoms with Crippen LogP contribution in [0.15, 0.2) is 12.7 Å². The lowest BCUT2D eigenvalue weighted by atomic mass is 10.3. The van der Waals surface area contributed by atoms with E-state index < -0.39 is 37.7 Å². The van der Waals surface area contributed by atoms with E-state index in [1.807, 2.05) is 0 Å². The summed E-state index contributed by atoms with van der Waals surface area (Å²) in [5, 5.41) is 2.82. The van der Waals surface area contributed by atoms with Crippen molar-refractivity contribution >= 4 is 36.4 Å². The van der Waals surface area contributed by atoms with Crippen LogP contribution in [0.4, 0.5) is 5.82 Å². The van der Waals surface area contributed by atoms with E-state index in [1.54, 1.807) is 45.5 Å². The van der Waals surface area contributed by atoms with E-state index >= 15 is 0 Å². The summed E-state index contributed by atoms with van der Waals surface area (Å²) in [5.74, 6) is -0.927. The van der Waals surface area contributed by atoms with Crippen molar-refractivity contribution in [1.29, 1.82) is 0 Å². The van der Waals surface area contributed by atoms with Crippen LogP contribution in [0.2, 0.25) is 0 Å². The highest BCUT2D eigenvalue weighted by atomic mass is 31.2. The first-order valence-electron chi connectivity index (χ1n) is 11.4. The summed E-state index contributed by atoms with van der Waals surface area (Å²) < 4.78 is 37.1. The summed E-state index contributed by atoms with van der Waals surface area (Å²) in [6.07, 6.45) is 2.24. The Morgan fingerprint density at radius 2 is 1.83 bits per heavy atom. The van der Waals surface area contributed by atoms with Crippen molar-refractivity contribution < 1.29 is 32.9 Å². The van der Waals surface area contributed by atoms with Gasteiger partial charge in [-0.15, -0.1) is 0 Å². The highest BCUT2D eigenvalue weighted by Crippen LogP contribution is 2.51. The van der Waals surface area contributed by atoms with Gasteiger partial charge in [-0.3, -0.25) is 9.36 Å². The Balaban J connectivity index is 1.68. The standard InChI is InChI=1S/C21H33N6O7P/c1-13(2)33-16(28)9-32-35(30,26-21(6-7-21)20(29)34-14(3)4)12-31-15(5)8-27-11-25-17-18(22)23-10-24-19(17)27/h10-11,13-15H,6-9,12H2,1-5H3,(H,26,30)(H2,22,23,24). The van der Waals surface area contributed by atoms with Crippen LogP contribution in [-0.4, -0.2) is 68.3 Å². The molecule has 0 radical (unpaired) electrons. The molecule has 14 heteroatoms. The third kappa shape index (κ3) is 7.20. The molecule has 2 heterocycles. The SMILES string of the molecule is CC(C)OC(=O)COP(=O)(COC(C)Cn1cnc2c(N)ncnc21)NC1(C(=O)OC(C)C)CC1.